The van der Waals surface area contributed by atoms with Gasteiger partial charge in [-0.25, -0.2) is 0 Å². The van der Waals surface area contributed by atoms with Crippen molar-refractivity contribution in [1.82, 2.24) is 5.32 Å². The van der Waals surface area contributed by atoms with E-state index in [1.165, 1.54) is 0 Å². The highest BCUT2D eigenvalue weighted by Crippen LogP contribution is 2.24. The summed E-state index contributed by atoms with van der Waals surface area (Å²) in [4.78, 5) is 12.1. The Morgan fingerprint density at radius 3 is 2.70 bits per heavy atom. The van der Waals surface area contributed by atoms with Gasteiger partial charge in [0.15, 0.2) is 0 Å². The summed E-state index contributed by atoms with van der Waals surface area (Å²) >= 11 is 9.25. The van der Waals surface area contributed by atoms with Crippen molar-refractivity contribution in [2.45, 2.75) is 13.0 Å². The van der Waals surface area contributed by atoms with Gasteiger partial charge in [-0.2, -0.15) is 0 Å². The molecule has 0 aliphatic heterocycles. The second-order valence-corrected chi connectivity index (χ2v) is 5.68. The molecule has 0 aliphatic carbocycles. The summed E-state index contributed by atoms with van der Waals surface area (Å²) in [7, 11) is 0. The molecular weight excluding hydrogens is 342 g/mol. The van der Waals surface area contributed by atoms with Crippen LogP contribution < -0.4 is 5.32 Å². The van der Waals surface area contributed by atoms with Crippen molar-refractivity contribution < 1.29 is 9.90 Å². The van der Waals surface area contributed by atoms with Crippen molar-refractivity contribution in [2.75, 3.05) is 0 Å². The molecule has 2 N–H and O–H groups in total. The van der Waals surface area contributed by atoms with Gasteiger partial charge in [0, 0.05) is 10.0 Å². The van der Waals surface area contributed by atoms with Crippen LogP contribution in [0, 0.1) is 0 Å². The second-order valence-electron chi connectivity index (χ2n) is 4.42. The molecule has 2 aromatic rings. The summed E-state index contributed by atoms with van der Waals surface area (Å²) in [6.45, 7) is 1.85. The normalized spacial score (nSPS) is 11.9. The topological polar surface area (TPSA) is 49.3 Å². The fourth-order valence-corrected chi connectivity index (χ4v) is 2.22. The summed E-state index contributed by atoms with van der Waals surface area (Å²) in [6.07, 6.45) is 0. The summed E-state index contributed by atoms with van der Waals surface area (Å²) in [5, 5.41) is 12.8. The average molecular weight is 355 g/mol. The third-order valence-corrected chi connectivity index (χ3v) is 4.13. The number of benzene rings is 2. The molecule has 1 amide bonds. The molecule has 1 atom stereocenters. The molecule has 0 aromatic heterocycles. The molecule has 0 saturated heterocycles. The van der Waals surface area contributed by atoms with Crippen molar-refractivity contribution in [2.24, 2.45) is 0 Å². The van der Waals surface area contributed by atoms with Crippen LogP contribution in [0.2, 0.25) is 5.02 Å². The molecule has 0 bridgehead atoms. The summed E-state index contributed by atoms with van der Waals surface area (Å²) in [6, 6.07) is 11.6. The zero-order valence-corrected chi connectivity index (χ0v) is 13.1. The third-order valence-electron chi connectivity index (χ3n) is 2.90. The van der Waals surface area contributed by atoms with Crippen LogP contribution in [0.15, 0.2) is 46.9 Å². The highest BCUT2D eigenvalue weighted by atomic mass is 79.9. The first-order valence-electron chi connectivity index (χ1n) is 6.02. The summed E-state index contributed by atoms with van der Waals surface area (Å²) in [5.41, 5.74) is 1.33. The predicted octanol–water partition coefficient (Wildman–Crippen LogP) is 4.30. The van der Waals surface area contributed by atoms with E-state index in [-0.39, 0.29) is 17.7 Å². The molecule has 0 spiro atoms. The molecule has 0 heterocycles. The molecule has 5 heteroatoms. The molecule has 20 heavy (non-hydrogen) atoms. The van der Waals surface area contributed by atoms with E-state index >= 15 is 0 Å². The minimum Gasteiger partial charge on any atom is -0.508 e. The van der Waals surface area contributed by atoms with E-state index in [0.717, 1.165) is 10.0 Å². The molecule has 1 unspecified atom stereocenters. The fraction of sp³-hybridized carbons (Fsp3) is 0.133. The van der Waals surface area contributed by atoms with Gasteiger partial charge in [-0.1, -0.05) is 23.7 Å². The van der Waals surface area contributed by atoms with Gasteiger partial charge in [-0.3, -0.25) is 4.79 Å². The quantitative estimate of drug-likeness (QED) is 0.863. The molecular formula is C15H13BrClNO2. The number of carbonyl (C=O) groups excluding carboxylic acids is 1. The van der Waals surface area contributed by atoms with Crippen molar-refractivity contribution >= 4 is 33.4 Å². The van der Waals surface area contributed by atoms with E-state index in [2.05, 4.69) is 21.2 Å². The highest BCUT2D eigenvalue weighted by molar-refractivity contribution is 9.10. The Labute approximate surface area is 130 Å². The number of rotatable bonds is 3. The molecule has 104 valence electrons. The first kappa shape index (κ1) is 14.9. The lowest BCUT2D eigenvalue weighted by Crippen LogP contribution is -2.26. The van der Waals surface area contributed by atoms with E-state index in [1.807, 2.05) is 13.0 Å². The number of carbonyl (C=O) groups is 1. The molecule has 0 fully saturated rings. The first-order valence-corrected chi connectivity index (χ1v) is 7.19. The van der Waals surface area contributed by atoms with E-state index in [1.54, 1.807) is 36.4 Å². The summed E-state index contributed by atoms with van der Waals surface area (Å²) in [5.74, 6) is -0.0365. The van der Waals surface area contributed by atoms with E-state index in [0.29, 0.717) is 10.6 Å². The van der Waals surface area contributed by atoms with Crippen LogP contribution in [0.25, 0.3) is 0 Å². The largest absolute Gasteiger partial charge is 0.508 e. The SMILES string of the molecule is CC(NC(=O)c1ccc(Br)c(Cl)c1)c1cccc(O)c1. The van der Waals surface area contributed by atoms with Gasteiger partial charge in [0.25, 0.3) is 5.91 Å². The minimum absolute atomic E-state index is 0.176. The lowest BCUT2D eigenvalue weighted by atomic mass is 10.1. The maximum atomic E-state index is 12.1. The number of phenolic OH excluding ortho intramolecular Hbond substituents is 1. The van der Waals surface area contributed by atoms with E-state index in [9.17, 15) is 9.90 Å². The minimum atomic E-state index is -0.213. The number of hydrogen-bond acceptors (Lipinski definition) is 2. The smallest absolute Gasteiger partial charge is 0.251 e. The number of phenols is 1. The Kier molecular flexibility index (Phi) is 4.68. The van der Waals surface area contributed by atoms with Gasteiger partial charge < -0.3 is 10.4 Å². The molecule has 0 radical (unpaired) electrons. The van der Waals surface area contributed by atoms with Crippen LogP contribution in [0.3, 0.4) is 0 Å². The van der Waals surface area contributed by atoms with E-state index in [4.69, 9.17) is 11.6 Å². The monoisotopic (exact) mass is 353 g/mol. The Morgan fingerprint density at radius 2 is 2.05 bits per heavy atom. The van der Waals surface area contributed by atoms with E-state index < -0.39 is 0 Å². The first-order chi connectivity index (χ1) is 9.47. The van der Waals surface area contributed by atoms with Crippen LogP contribution in [0.4, 0.5) is 0 Å². The Bertz CT molecular complexity index is 646. The van der Waals surface area contributed by atoms with Crippen LogP contribution in [0.1, 0.15) is 28.9 Å². The molecule has 2 rings (SSSR count). The highest BCUT2D eigenvalue weighted by Gasteiger charge is 2.12. The maximum Gasteiger partial charge on any atom is 0.251 e. The fourth-order valence-electron chi connectivity index (χ4n) is 1.79. The zero-order valence-electron chi connectivity index (χ0n) is 10.7. The lowest BCUT2D eigenvalue weighted by molar-refractivity contribution is 0.0940. The Morgan fingerprint density at radius 1 is 1.30 bits per heavy atom. The molecule has 0 aliphatic rings. The van der Waals surface area contributed by atoms with Gasteiger partial charge in [0.1, 0.15) is 5.75 Å². The third kappa shape index (κ3) is 3.52. The van der Waals surface area contributed by atoms with Gasteiger partial charge >= 0.3 is 0 Å². The van der Waals surface area contributed by atoms with Crippen LogP contribution in [-0.2, 0) is 0 Å². The van der Waals surface area contributed by atoms with Crippen molar-refractivity contribution in [3.8, 4) is 5.75 Å². The number of hydrogen-bond donors (Lipinski definition) is 2. The maximum absolute atomic E-state index is 12.1. The van der Waals surface area contributed by atoms with Gasteiger partial charge in [0.05, 0.1) is 11.1 Å². The standard InChI is InChI=1S/C15H13BrClNO2/c1-9(10-3-2-4-12(19)7-10)18-15(20)11-5-6-13(16)14(17)8-11/h2-9,19H,1H3,(H,18,20). The number of nitrogens with one attached hydrogen (secondary N) is 1. The number of halogens is 2. The van der Waals surface area contributed by atoms with Crippen LogP contribution >= 0.6 is 27.5 Å². The van der Waals surface area contributed by atoms with Crippen molar-refractivity contribution in [3.63, 3.8) is 0 Å². The molecule has 2 aromatic carbocycles. The number of amides is 1. The average Bonchev–Trinajstić information content (AvgIpc) is 2.41. The van der Waals surface area contributed by atoms with Gasteiger partial charge in [-0.05, 0) is 58.7 Å². The Hall–Kier alpha value is -1.52. The molecule has 3 nitrogen and oxygen atoms in total. The predicted molar refractivity (Wildman–Crippen MR) is 83.1 cm³/mol. The number of aromatic hydroxyl groups is 1. The zero-order chi connectivity index (χ0) is 14.7. The molecule has 0 saturated carbocycles. The van der Waals surface area contributed by atoms with Crippen molar-refractivity contribution in [1.29, 1.82) is 0 Å². The van der Waals surface area contributed by atoms with Crippen LogP contribution in [-0.4, -0.2) is 11.0 Å². The summed E-state index contributed by atoms with van der Waals surface area (Å²) < 4.78 is 0.747. The van der Waals surface area contributed by atoms with Crippen LogP contribution in [0.5, 0.6) is 5.75 Å². The lowest BCUT2D eigenvalue weighted by Gasteiger charge is -2.15. The van der Waals surface area contributed by atoms with Gasteiger partial charge in [-0.15, -0.1) is 0 Å². The van der Waals surface area contributed by atoms with Gasteiger partial charge in [0.2, 0.25) is 0 Å². The van der Waals surface area contributed by atoms with Crippen molar-refractivity contribution in [3.05, 3.63) is 63.1 Å². The second kappa shape index (κ2) is 6.29. The Balaban J connectivity index is 2.13.